The van der Waals surface area contributed by atoms with Gasteiger partial charge in [-0.1, -0.05) is 24.3 Å². The Balaban J connectivity index is 1.78. The van der Waals surface area contributed by atoms with Crippen molar-refractivity contribution in [2.75, 3.05) is 17.7 Å². The van der Waals surface area contributed by atoms with Crippen LogP contribution in [0.1, 0.15) is 11.1 Å². The van der Waals surface area contributed by atoms with Crippen LogP contribution in [-0.2, 0) is 10.5 Å². The van der Waals surface area contributed by atoms with Gasteiger partial charge in [-0.15, -0.1) is 0 Å². The zero-order valence-electron chi connectivity index (χ0n) is 14.4. The first kappa shape index (κ1) is 15.9. The summed E-state index contributed by atoms with van der Waals surface area (Å²) in [5.74, 6) is 0.940. The SMILES string of the molecule is COc1ccc(C)cc1NC1=[NH+][C@@]2(N=C(N)N1)C(=O)Nc1ccccc12. The van der Waals surface area contributed by atoms with Crippen LogP contribution in [-0.4, -0.2) is 24.9 Å². The molecule has 6 N–H and O–H groups in total. The second-order valence-corrected chi connectivity index (χ2v) is 6.16. The zero-order chi connectivity index (χ0) is 18.3. The number of fused-ring (bicyclic) bond motifs is 2. The molecule has 0 radical (unpaired) electrons. The van der Waals surface area contributed by atoms with Crippen LogP contribution in [0.2, 0.25) is 0 Å². The quantitative estimate of drug-likeness (QED) is 0.504. The first-order chi connectivity index (χ1) is 12.5. The molecule has 0 fully saturated rings. The first-order valence-corrected chi connectivity index (χ1v) is 8.12. The van der Waals surface area contributed by atoms with Crippen LogP contribution >= 0.6 is 0 Å². The molecule has 0 bridgehead atoms. The van der Waals surface area contributed by atoms with Crippen LogP contribution < -0.4 is 31.4 Å². The maximum atomic E-state index is 12.7. The van der Waals surface area contributed by atoms with Gasteiger partial charge in [0.25, 0.3) is 17.5 Å². The topological polar surface area (TPSA) is 115 Å². The highest BCUT2D eigenvalue weighted by Gasteiger charge is 2.51. The number of aliphatic imine (C=N–C) groups is 1. The minimum absolute atomic E-state index is 0.129. The summed E-state index contributed by atoms with van der Waals surface area (Å²) in [6, 6.07) is 13.1. The molecule has 0 saturated carbocycles. The summed E-state index contributed by atoms with van der Waals surface area (Å²) in [7, 11) is 1.60. The molecular weight excluding hydrogens is 332 g/mol. The largest absolute Gasteiger partial charge is 0.493 e. The number of methoxy groups -OCH3 is 1. The predicted octanol–water partition coefficient (Wildman–Crippen LogP) is -0.425. The first-order valence-electron chi connectivity index (χ1n) is 8.12. The number of nitrogens with one attached hydrogen (secondary N) is 4. The monoisotopic (exact) mass is 351 g/mol. The van der Waals surface area contributed by atoms with Gasteiger partial charge in [0.1, 0.15) is 5.69 Å². The summed E-state index contributed by atoms with van der Waals surface area (Å²) in [4.78, 5) is 20.2. The van der Waals surface area contributed by atoms with Gasteiger partial charge in [-0.05, 0) is 30.7 Å². The number of carbonyl (C=O) groups excluding carboxylic acids is 1. The van der Waals surface area contributed by atoms with Crippen molar-refractivity contribution in [2.45, 2.75) is 12.6 Å². The summed E-state index contributed by atoms with van der Waals surface area (Å²) in [6.07, 6.45) is 0. The summed E-state index contributed by atoms with van der Waals surface area (Å²) in [6.45, 7) is 1.98. The molecule has 132 valence electrons. The highest BCUT2D eigenvalue weighted by atomic mass is 16.5. The van der Waals surface area contributed by atoms with E-state index in [1.54, 1.807) is 7.11 Å². The molecule has 1 amide bonds. The van der Waals surface area contributed by atoms with Crippen LogP contribution in [0.4, 0.5) is 11.4 Å². The molecule has 26 heavy (non-hydrogen) atoms. The van der Waals surface area contributed by atoms with Gasteiger partial charge in [0, 0.05) is 5.56 Å². The van der Waals surface area contributed by atoms with Gasteiger partial charge in [0.05, 0.1) is 12.8 Å². The highest BCUT2D eigenvalue weighted by molar-refractivity contribution is 6.10. The molecule has 0 aromatic heterocycles. The molecular formula is C18H19N6O2+. The fraction of sp³-hybridized carbons (Fsp3) is 0.167. The molecule has 1 spiro atoms. The number of nitrogens with two attached hydrogens (primary N) is 1. The molecule has 1 atom stereocenters. The fourth-order valence-electron chi connectivity index (χ4n) is 3.17. The van der Waals surface area contributed by atoms with E-state index in [0.717, 1.165) is 11.3 Å². The number of guanidine groups is 2. The number of ether oxygens (including phenoxy) is 1. The lowest BCUT2D eigenvalue weighted by Gasteiger charge is -2.22. The number of hydrogen-bond acceptors (Lipinski definition) is 6. The van der Waals surface area contributed by atoms with Crippen molar-refractivity contribution in [2.24, 2.45) is 10.7 Å². The van der Waals surface area contributed by atoms with Gasteiger partial charge in [-0.3, -0.25) is 4.79 Å². The molecule has 0 saturated heterocycles. The number of rotatable bonds is 2. The second kappa shape index (κ2) is 5.76. The lowest BCUT2D eigenvalue weighted by Crippen LogP contribution is -2.92. The lowest BCUT2D eigenvalue weighted by atomic mass is 10.0. The average molecular weight is 351 g/mol. The van der Waals surface area contributed by atoms with E-state index in [0.29, 0.717) is 23.0 Å². The van der Waals surface area contributed by atoms with Gasteiger partial charge in [-0.25, -0.2) is 15.6 Å². The van der Waals surface area contributed by atoms with E-state index in [1.807, 2.05) is 49.4 Å². The number of nitrogens with zero attached hydrogens (tertiary/aromatic N) is 1. The fourth-order valence-corrected chi connectivity index (χ4v) is 3.17. The third-order valence-electron chi connectivity index (χ3n) is 4.36. The summed E-state index contributed by atoms with van der Waals surface area (Å²) >= 11 is 0. The summed E-state index contributed by atoms with van der Waals surface area (Å²) < 4.78 is 5.39. The van der Waals surface area contributed by atoms with Crippen LogP contribution in [0.3, 0.4) is 0 Å². The number of para-hydroxylation sites is 1. The van der Waals surface area contributed by atoms with Gasteiger partial charge in [-0.2, -0.15) is 4.99 Å². The standard InChI is InChI=1S/C18H18N6O2/c1-10-7-8-14(26-2)13(9-10)21-17-22-16(19)23-18(24-17)11-5-3-4-6-12(11)20-15(18)25/h3-9H,1-2H3,(H,20,25)(H4,19,21,22,23,24)/p+1/t18-/m1/s1. The van der Waals surface area contributed by atoms with E-state index >= 15 is 0 Å². The van der Waals surface area contributed by atoms with E-state index in [9.17, 15) is 4.79 Å². The van der Waals surface area contributed by atoms with Crippen molar-refractivity contribution >= 4 is 29.2 Å². The minimum Gasteiger partial charge on any atom is -0.493 e. The smallest absolute Gasteiger partial charge is 0.358 e. The Morgan fingerprint density at radius 3 is 2.85 bits per heavy atom. The molecule has 2 aliphatic rings. The molecule has 8 nitrogen and oxygen atoms in total. The Kier molecular flexibility index (Phi) is 3.54. The van der Waals surface area contributed by atoms with Crippen molar-refractivity contribution in [1.29, 1.82) is 0 Å². The average Bonchev–Trinajstić information content (AvgIpc) is 2.86. The number of aryl methyl sites for hydroxylation is 1. The summed E-state index contributed by atoms with van der Waals surface area (Å²) in [5.41, 5.74) is 7.88. The third-order valence-corrected chi connectivity index (χ3v) is 4.36. The molecule has 2 aromatic carbocycles. The van der Waals surface area contributed by atoms with Crippen molar-refractivity contribution in [3.63, 3.8) is 0 Å². The van der Waals surface area contributed by atoms with E-state index < -0.39 is 5.66 Å². The Hall–Kier alpha value is -3.55. The van der Waals surface area contributed by atoms with Crippen LogP contribution in [0, 0.1) is 6.92 Å². The van der Waals surface area contributed by atoms with Gasteiger partial charge in [0.15, 0.2) is 5.75 Å². The normalized spacial score (nSPS) is 20.6. The van der Waals surface area contributed by atoms with Crippen molar-refractivity contribution in [3.8, 4) is 5.75 Å². The van der Waals surface area contributed by atoms with Crippen molar-refractivity contribution in [3.05, 3.63) is 53.6 Å². The van der Waals surface area contributed by atoms with Crippen LogP contribution in [0.25, 0.3) is 0 Å². The summed E-state index contributed by atoms with van der Waals surface area (Å²) in [5, 5.41) is 8.96. The second-order valence-electron chi connectivity index (χ2n) is 6.16. The number of amides is 1. The van der Waals surface area contributed by atoms with Crippen molar-refractivity contribution in [1.82, 2.24) is 5.32 Å². The number of carbonyl (C=O) groups is 1. The Bertz CT molecular complexity index is 968. The van der Waals surface area contributed by atoms with Crippen LogP contribution in [0.5, 0.6) is 5.75 Å². The maximum absolute atomic E-state index is 12.7. The predicted molar refractivity (Wildman–Crippen MR) is 98.8 cm³/mol. The molecule has 8 heteroatoms. The van der Waals surface area contributed by atoms with Crippen molar-refractivity contribution < 1.29 is 14.5 Å². The molecule has 2 aliphatic heterocycles. The molecule has 2 aromatic rings. The Labute approximate surface area is 150 Å². The van der Waals surface area contributed by atoms with Crippen LogP contribution in [0.15, 0.2) is 47.5 Å². The maximum Gasteiger partial charge on any atom is 0.358 e. The molecule has 0 unspecified atom stereocenters. The van der Waals surface area contributed by atoms with E-state index in [1.165, 1.54) is 0 Å². The van der Waals surface area contributed by atoms with Gasteiger partial charge < -0.3 is 15.8 Å². The lowest BCUT2D eigenvalue weighted by molar-refractivity contribution is -0.544. The van der Waals surface area contributed by atoms with E-state index in [-0.39, 0.29) is 11.9 Å². The van der Waals surface area contributed by atoms with E-state index in [4.69, 9.17) is 10.5 Å². The number of anilines is 2. The molecule has 4 rings (SSSR count). The van der Waals surface area contributed by atoms with E-state index in [2.05, 4.69) is 25.9 Å². The van der Waals surface area contributed by atoms with Gasteiger partial charge in [0.2, 0.25) is 0 Å². The van der Waals surface area contributed by atoms with Gasteiger partial charge >= 0.3 is 5.96 Å². The third kappa shape index (κ3) is 2.43. The molecule has 0 aliphatic carbocycles. The Morgan fingerprint density at radius 2 is 2.04 bits per heavy atom. The Morgan fingerprint density at radius 1 is 1.23 bits per heavy atom. The zero-order valence-corrected chi connectivity index (χ0v) is 14.4. The number of benzene rings is 2. The molecule has 2 heterocycles. The number of hydrogen-bond donors (Lipinski definition) is 5. The highest BCUT2D eigenvalue weighted by Crippen LogP contribution is 2.34. The minimum atomic E-state index is -1.31.